The molecule has 0 atom stereocenters. The van der Waals surface area contributed by atoms with E-state index in [9.17, 15) is 4.79 Å². The van der Waals surface area contributed by atoms with E-state index in [1.807, 2.05) is 0 Å². The van der Waals surface area contributed by atoms with E-state index in [1.54, 1.807) is 6.92 Å². The fraction of sp³-hybridized carbons (Fsp3) is 0.500. The highest BCUT2D eigenvalue weighted by Gasteiger charge is 2.19. The summed E-state index contributed by atoms with van der Waals surface area (Å²) in [5.74, 6) is -0.543. The third-order valence-electron chi connectivity index (χ3n) is 1.22. The molecule has 0 aliphatic heterocycles. The number of nitrogens with one attached hydrogen (secondary N) is 1. The highest BCUT2D eigenvalue weighted by molar-refractivity contribution is 6.41. The Balaban J connectivity index is 2.86. The molecule has 0 fully saturated rings. The smallest absolute Gasteiger partial charge is 0.364 e. The fourth-order valence-corrected chi connectivity index (χ4v) is 0.727. The Labute approximate surface area is 79.3 Å². The lowest BCUT2D eigenvalue weighted by Gasteiger charge is -2.00. The van der Waals surface area contributed by atoms with Gasteiger partial charge in [-0.1, -0.05) is 5.16 Å². The van der Waals surface area contributed by atoms with Crippen molar-refractivity contribution in [1.29, 1.82) is 0 Å². The molecule has 1 aromatic rings. The molecule has 0 aromatic carbocycles. The van der Waals surface area contributed by atoms with E-state index in [4.69, 9.17) is 4.74 Å². The van der Waals surface area contributed by atoms with Gasteiger partial charge in [0.05, 0.1) is 6.61 Å². The minimum atomic E-state index is -0.645. The van der Waals surface area contributed by atoms with Crippen LogP contribution >= 0.6 is 0 Å². The predicted octanol–water partition coefficient (Wildman–Crippen LogP) is -0.887. The highest BCUT2D eigenvalue weighted by Crippen LogP contribution is 1.94. The molecule has 0 aliphatic rings. The van der Waals surface area contributed by atoms with Crippen LogP contribution in [0.4, 0.5) is 0 Å². The monoisotopic (exact) mass is 199 g/mol. The molecule has 0 amide bonds. The van der Waals surface area contributed by atoms with Gasteiger partial charge in [-0.25, -0.2) is 9.89 Å². The summed E-state index contributed by atoms with van der Waals surface area (Å²) in [6, 6.07) is 0. The van der Waals surface area contributed by atoms with E-state index >= 15 is 0 Å². The lowest BCUT2D eigenvalue weighted by molar-refractivity contribution is -0.135. The number of rotatable bonds is 4. The minimum Gasteiger partial charge on any atom is -0.461 e. The third kappa shape index (κ3) is 2.25. The zero-order chi connectivity index (χ0) is 10.4. The number of nitrogens with zero attached hydrogens (tertiary/aromatic N) is 4. The first-order chi connectivity index (χ1) is 6.79. The van der Waals surface area contributed by atoms with Crippen LogP contribution in [0.15, 0.2) is 5.16 Å². The number of aromatic nitrogens is 4. The van der Waals surface area contributed by atoms with Crippen LogP contribution in [0.2, 0.25) is 0 Å². The van der Waals surface area contributed by atoms with E-state index in [0.717, 1.165) is 0 Å². The molecule has 1 rings (SSSR count). The zero-order valence-electron chi connectivity index (χ0n) is 7.72. The number of aromatic amines is 1. The highest BCUT2D eigenvalue weighted by atomic mass is 16.6. The van der Waals surface area contributed by atoms with E-state index in [-0.39, 0.29) is 18.1 Å². The van der Waals surface area contributed by atoms with Gasteiger partial charge in [-0.2, -0.15) is 0 Å². The molecule has 14 heavy (non-hydrogen) atoms. The predicted molar refractivity (Wildman–Crippen MR) is 44.4 cm³/mol. The van der Waals surface area contributed by atoms with Gasteiger partial charge in [0.15, 0.2) is 0 Å². The number of H-pyrrole nitrogens is 1. The van der Waals surface area contributed by atoms with Crippen molar-refractivity contribution in [2.45, 2.75) is 6.92 Å². The standard InChI is InChI=1S/C6H9N5O3/c1-3-14-6(12)4(9-13-2)5-7-10-11-8-5/h3H2,1-2H3,(H,7,8,10,11)/b9-4+. The van der Waals surface area contributed by atoms with Crippen LogP contribution in [0.5, 0.6) is 0 Å². The Morgan fingerprint density at radius 1 is 1.64 bits per heavy atom. The van der Waals surface area contributed by atoms with Crippen LogP contribution in [0.1, 0.15) is 12.7 Å². The van der Waals surface area contributed by atoms with Crippen molar-refractivity contribution in [2.24, 2.45) is 5.16 Å². The minimum absolute atomic E-state index is 0.0978. The Morgan fingerprint density at radius 3 is 2.93 bits per heavy atom. The van der Waals surface area contributed by atoms with Crippen LogP contribution in [-0.2, 0) is 14.4 Å². The summed E-state index contributed by atoms with van der Waals surface area (Å²) in [6.07, 6.45) is 0. The second-order valence-corrected chi connectivity index (χ2v) is 2.09. The van der Waals surface area contributed by atoms with E-state index in [0.29, 0.717) is 0 Å². The summed E-state index contributed by atoms with van der Waals surface area (Å²) in [7, 11) is 1.31. The van der Waals surface area contributed by atoms with E-state index in [1.165, 1.54) is 7.11 Å². The molecule has 0 aliphatic carbocycles. The maximum Gasteiger partial charge on any atom is 0.364 e. The van der Waals surface area contributed by atoms with Crippen molar-refractivity contribution in [3.8, 4) is 0 Å². The molecular weight excluding hydrogens is 190 g/mol. The van der Waals surface area contributed by atoms with Crippen LogP contribution in [-0.4, -0.2) is 46.0 Å². The molecule has 0 spiro atoms. The number of oxime groups is 1. The first kappa shape index (κ1) is 10.1. The van der Waals surface area contributed by atoms with Gasteiger partial charge in [0.25, 0.3) is 0 Å². The number of hydrogen-bond acceptors (Lipinski definition) is 7. The molecular formula is C6H9N5O3. The fourth-order valence-electron chi connectivity index (χ4n) is 0.727. The average Bonchev–Trinajstić information content (AvgIpc) is 2.67. The van der Waals surface area contributed by atoms with Gasteiger partial charge in [0.2, 0.25) is 11.5 Å². The Kier molecular flexibility index (Phi) is 3.53. The van der Waals surface area contributed by atoms with Gasteiger partial charge in [-0.3, -0.25) is 0 Å². The van der Waals surface area contributed by atoms with Gasteiger partial charge >= 0.3 is 5.97 Å². The number of tetrazole rings is 1. The summed E-state index contributed by atoms with van der Waals surface area (Å²) in [4.78, 5) is 15.7. The summed E-state index contributed by atoms with van der Waals surface area (Å²) < 4.78 is 4.72. The molecule has 0 saturated carbocycles. The van der Waals surface area contributed by atoms with E-state index in [2.05, 4.69) is 30.6 Å². The maximum atomic E-state index is 11.3. The number of ether oxygens (including phenoxy) is 1. The second-order valence-electron chi connectivity index (χ2n) is 2.09. The molecule has 0 saturated heterocycles. The second kappa shape index (κ2) is 4.90. The van der Waals surface area contributed by atoms with Crippen LogP contribution in [0.3, 0.4) is 0 Å². The van der Waals surface area contributed by atoms with Crippen molar-refractivity contribution in [2.75, 3.05) is 13.7 Å². The number of hydrogen-bond donors (Lipinski definition) is 1. The summed E-state index contributed by atoms with van der Waals surface area (Å²) >= 11 is 0. The van der Waals surface area contributed by atoms with Crippen molar-refractivity contribution >= 4 is 11.7 Å². The SMILES string of the molecule is CCOC(=O)/C(=N/OC)c1nnn[nH]1. The topological polar surface area (TPSA) is 102 Å². The maximum absolute atomic E-state index is 11.3. The first-order valence-electron chi connectivity index (χ1n) is 3.82. The Morgan fingerprint density at radius 2 is 2.43 bits per heavy atom. The van der Waals surface area contributed by atoms with Gasteiger partial charge < -0.3 is 9.57 Å². The largest absolute Gasteiger partial charge is 0.461 e. The molecule has 8 nitrogen and oxygen atoms in total. The normalized spacial score (nSPS) is 11.1. The van der Waals surface area contributed by atoms with Gasteiger partial charge in [-0.05, 0) is 17.4 Å². The van der Waals surface area contributed by atoms with E-state index < -0.39 is 5.97 Å². The molecule has 0 radical (unpaired) electrons. The molecule has 76 valence electrons. The zero-order valence-corrected chi connectivity index (χ0v) is 7.72. The van der Waals surface area contributed by atoms with Gasteiger partial charge in [0, 0.05) is 0 Å². The molecule has 1 aromatic heterocycles. The lowest BCUT2D eigenvalue weighted by atomic mass is 10.4. The average molecular weight is 199 g/mol. The molecule has 0 bridgehead atoms. The lowest BCUT2D eigenvalue weighted by Crippen LogP contribution is -2.20. The Hall–Kier alpha value is -1.99. The quantitative estimate of drug-likeness (QED) is 0.383. The van der Waals surface area contributed by atoms with Crippen molar-refractivity contribution in [3.63, 3.8) is 0 Å². The molecule has 0 unspecified atom stereocenters. The van der Waals surface area contributed by atoms with Gasteiger partial charge in [-0.15, -0.1) is 5.10 Å². The third-order valence-corrected chi connectivity index (χ3v) is 1.22. The van der Waals surface area contributed by atoms with Gasteiger partial charge in [0.1, 0.15) is 7.11 Å². The molecule has 8 heteroatoms. The van der Waals surface area contributed by atoms with Crippen molar-refractivity contribution in [3.05, 3.63) is 5.82 Å². The first-order valence-corrected chi connectivity index (χ1v) is 3.82. The van der Waals surface area contributed by atoms with Crippen LogP contribution in [0, 0.1) is 0 Å². The molecule has 1 N–H and O–H groups in total. The number of esters is 1. The number of carbonyl (C=O) groups excluding carboxylic acids is 1. The number of carbonyl (C=O) groups is 1. The van der Waals surface area contributed by atoms with Crippen LogP contribution in [0.25, 0.3) is 0 Å². The summed E-state index contributed by atoms with van der Waals surface area (Å²) in [6.45, 7) is 1.92. The van der Waals surface area contributed by atoms with Crippen LogP contribution < -0.4 is 0 Å². The molecule has 1 heterocycles. The summed E-state index contributed by atoms with van der Waals surface area (Å²) in [5.41, 5.74) is -0.0978. The summed E-state index contributed by atoms with van der Waals surface area (Å²) in [5, 5.41) is 15.9. The van der Waals surface area contributed by atoms with Crippen molar-refractivity contribution in [1.82, 2.24) is 20.6 Å². The van der Waals surface area contributed by atoms with Crippen molar-refractivity contribution < 1.29 is 14.4 Å². The Bertz CT molecular complexity index is 320.